The average Bonchev–Trinajstić information content (AvgIpc) is 2.45. The first kappa shape index (κ1) is 15.0. The van der Waals surface area contributed by atoms with Crippen molar-refractivity contribution in [2.24, 2.45) is 5.92 Å². The van der Waals surface area contributed by atoms with Crippen LogP contribution in [0.5, 0.6) is 0 Å². The van der Waals surface area contributed by atoms with Crippen molar-refractivity contribution in [3.05, 3.63) is 11.9 Å². The Balaban J connectivity index is 1.88. The molecule has 0 spiro atoms. The lowest BCUT2D eigenvalue weighted by atomic mass is 9.97. The van der Waals surface area contributed by atoms with Gasteiger partial charge in [-0.2, -0.15) is 0 Å². The summed E-state index contributed by atoms with van der Waals surface area (Å²) in [4.78, 5) is 11.3. The summed E-state index contributed by atoms with van der Waals surface area (Å²) in [5.74, 6) is 3.25. The van der Waals surface area contributed by atoms with Crippen molar-refractivity contribution in [2.45, 2.75) is 39.5 Å². The highest BCUT2D eigenvalue weighted by Gasteiger charge is 2.18. The predicted molar refractivity (Wildman–Crippen MR) is 83.9 cm³/mol. The van der Waals surface area contributed by atoms with E-state index in [1.165, 1.54) is 32.5 Å². The van der Waals surface area contributed by atoms with Gasteiger partial charge >= 0.3 is 0 Å². The minimum atomic E-state index is 0.298. The molecule has 1 aromatic rings. The van der Waals surface area contributed by atoms with Crippen LogP contribution in [0.1, 0.15) is 45.4 Å². The van der Waals surface area contributed by atoms with Crippen LogP contribution in [0.4, 0.5) is 11.6 Å². The Morgan fingerprint density at radius 1 is 1.35 bits per heavy atom. The van der Waals surface area contributed by atoms with Crippen molar-refractivity contribution < 1.29 is 0 Å². The second-order valence-electron chi connectivity index (χ2n) is 5.95. The smallest absolute Gasteiger partial charge is 0.135 e. The van der Waals surface area contributed by atoms with Crippen molar-refractivity contribution in [3.63, 3.8) is 0 Å². The summed E-state index contributed by atoms with van der Waals surface area (Å²) in [5.41, 5.74) is 5.84. The number of aromatic nitrogens is 2. The second kappa shape index (κ2) is 6.88. The van der Waals surface area contributed by atoms with E-state index >= 15 is 0 Å². The zero-order valence-corrected chi connectivity index (χ0v) is 12.9. The number of hydrogen-bond acceptors (Lipinski definition) is 5. The lowest BCUT2D eigenvalue weighted by Gasteiger charge is -2.31. The Labute approximate surface area is 122 Å². The van der Waals surface area contributed by atoms with Gasteiger partial charge in [0.2, 0.25) is 0 Å². The number of nitrogens with zero attached hydrogens (tertiary/aromatic N) is 3. The Morgan fingerprint density at radius 2 is 2.05 bits per heavy atom. The van der Waals surface area contributed by atoms with Crippen LogP contribution in [0.15, 0.2) is 6.07 Å². The molecule has 0 radical (unpaired) electrons. The van der Waals surface area contributed by atoms with E-state index in [9.17, 15) is 0 Å². The molecule has 1 saturated heterocycles. The molecule has 0 amide bonds. The highest BCUT2D eigenvalue weighted by molar-refractivity contribution is 5.44. The van der Waals surface area contributed by atoms with Crippen molar-refractivity contribution in [3.8, 4) is 0 Å². The number of likely N-dealkylation sites (tertiary alicyclic amines) is 1. The maximum atomic E-state index is 5.84. The maximum Gasteiger partial charge on any atom is 0.135 e. The summed E-state index contributed by atoms with van der Waals surface area (Å²) in [6, 6.07) is 1.83. The molecule has 1 aromatic heterocycles. The summed E-state index contributed by atoms with van der Waals surface area (Å²) in [7, 11) is 0. The average molecular weight is 277 g/mol. The highest BCUT2D eigenvalue weighted by Crippen LogP contribution is 2.19. The van der Waals surface area contributed by atoms with E-state index in [0.29, 0.717) is 11.7 Å². The molecule has 2 rings (SSSR count). The van der Waals surface area contributed by atoms with Crippen molar-refractivity contribution >= 4 is 11.6 Å². The van der Waals surface area contributed by atoms with Gasteiger partial charge < -0.3 is 16.0 Å². The van der Waals surface area contributed by atoms with Crippen molar-refractivity contribution in [1.82, 2.24) is 14.9 Å². The Hall–Kier alpha value is -1.36. The normalized spacial score (nSPS) is 17.6. The number of anilines is 2. The lowest BCUT2D eigenvalue weighted by Crippen LogP contribution is -2.35. The van der Waals surface area contributed by atoms with Crippen LogP contribution in [0.25, 0.3) is 0 Å². The molecule has 0 bridgehead atoms. The van der Waals surface area contributed by atoms with E-state index in [-0.39, 0.29) is 0 Å². The van der Waals surface area contributed by atoms with E-state index < -0.39 is 0 Å². The van der Waals surface area contributed by atoms with Crippen molar-refractivity contribution in [1.29, 1.82) is 0 Å². The molecule has 20 heavy (non-hydrogen) atoms. The number of rotatable bonds is 5. The molecular weight excluding hydrogens is 250 g/mol. The summed E-state index contributed by atoms with van der Waals surface area (Å²) < 4.78 is 0. The predicted octanol–water partition coefficient (Wildman–Crippen LogP) is 2.33. The van der Waals surface area contributed by atoms with Crippen molar-refractivity contribution in [2.75, 3.05) is 37.2 Å². The molecule has 3 N–H and O–H groups in total. The Morgan fingerprint density at radius 3 is 2.65 bits per heavy atom. The molecule has 0 unspecified atom stereocenters. The van der Waals surface area contributed by atoms with Gasteiger partial charge in [-0.3, -0.25) is 0 Å². The monoisotopic (exact) mass is 277 g/mol. The largest absolute Gasteiger partial charge is 0.384 e. The van der Waals surface area contributed by atoms with Gasteiger partial charge in [0.1, 0.15) is 17.5 Å². The third-order valence-electron chi connectivity index (χ3n) is 4.01. The molecule has 1 aliphatic heterocycles. The molecule has 5 nitrogen and oxygen atoms in total. The minimum Gasteiger partial charge on any atom is -0.384 e. The van der Waals surface area contributed by atoms with Crippen LogP contribution in [-0.4, -0.2) is 41.0 Å². The fraction of sp³-hybridized carbons (Fsp3) is 0.733. The van der Waals surface area contributed by atoms with Crippen LogP contribution in [0, 0.1) is 5.92 Å². The van der Waals surface area contributed by atoms with Gasteiger partial charge in [0.25, 0.3) is 0 Å². The molecule has 5 heteroatoms. The zero-order chi connectivity index (χ0) is 14.5. The van der Waals surface area contributed by atoms with Gasteiger partial charge in [-0.05, 0) is 38.4 Å². The Bertz CT molecular complexity index is 424. The number of piperidine rings is 1. The quantitative estimate of drug-likeness (QED) is 0.864. The first-order valence-corrected chi connectivity index (χ1v) is 7.69. The number of nitrogens with one attached hydrogen (secondary N) is 1. The fourth-order valence-corrected chi connectivity index (χ4v) is 2.59. The maximum absolute atomic E-state index is 5.84. The van der Waals surface area contributed by atoms with E-state index in [1.807, 2.05) is 6.07 Å². The summed E-state index contributed by atoms with van der Waals surface area (Å²) in [6.45, 7) is 11.0. The summed E-state index contributed by atoms with van der Waals surface area (Å²) in [5, 5.41) is 3.43. The third kappa shape index (κ3) is 4.07. The molecular formula is C15H27N5. The summed E-state index contributed by atoms with van der Waals surface area (Å²) >= 11 is 0. The molecule has 1 aliphatic rings. The molecule has 0 saturated carbocycles. The second-order valence-corrected chi connectivity index (χ2v) is 5.95. The number of nitrogen functional groups attached to an aromatic ring is 1. The van der Waals surface area contributed by atoms with Crippen LogP contribution < -0.4 is 11.1 Å². The van der Waals surface area contributed by atoms with E-state index in [2.05, 4.69) is 41.0 Å². The topological polar surface area (TPSA) is 67.1 Å². The first-order chi connectivity index (χ1) is 9.58. The number of nitrogens with two attached hydrogens (primary N) is 1. The van der Waals surface area contributed by atoms with Gasteiger partial charge in [-0.15, -0.1) is 0 Å². The lowest BCUT2D eigenvalue weighted by molar-refractivity contribution is 0.198. The third-order valence-corrected chi connectivity index (χ3v) is 4.01. The van der Waals surface area contributed by atoms with Crippen LogP contribution in [0.2, 0.25) is 0 Å². The molecule has 112 valence electrons. The molecule has 0 atom stereocenters. The van der Waals surface area contributed by atoms with Gasteiger partial charge in [0.05, 0.1) is 0 Å². The molecule has 1 fully saturated rings. The standard InChI is InChI=1S/C15H27N5/c1-4-20-7-5-12(6-8-20)10-17-14-9-13(16)18-15(19-14)11(2)3/h9,11-12H,4-8,10H2,1-3H3,(H3,16,17,18,19). The first-order valence-electron chi connectivity index (χ1n) is 7.69. The van der Waals surface area contributed by atoms with Gasteiger partial charge in [-0.1, -0.05) is 20.8 Å². The molecule has 2 heterocycles. The SMILES string of the molecule is CCN1CCC(CNc2cc(N)nc(C(C)C)n2)CC1. The van der Waals surface area contributed by atoms with E-state index in [4.69, 9.17) is 5.73 Å². The van der Waals surface area contributed by atoms with Crippen LogP contribution in [-0.2, 0) is 0 Å². The van der Waals surface area contributed by atoms with Gasteiger partial charge in [0.15, 0.2) is 0 Å². The number of hydrogen-bond donors (Lipinski definition) is 2. The van der Waals surface area contributed by atoms with Crippen LogP contribution in [0.3, 0.4) is 0 Å². The van der Waals surface area contributed by atoms with Crippen LogP contribution >= 0.6 is 0 Å². The Kier molecular flexibility index (Phi) is 5.17. The molecule has 0 aromatic carbocycles. The fourth-order valence-electron chi connectivity index (χ4n) is 2.59. The van der Waals surface area contributed by atoms with Gasteiger partial charge in [0, 0.05) is 18.5 Å². The zero-order valence-electron chi connectivity index (χ0n) is 12.9. The summed E-state index contributed by atoms with van der Waals surface area (Å²) in [6.07, 6.45) is 2.52. The highest BCUT2D eigenvalue weighted by atomic mass is 15.1. The van der Waals surface area contributed by atoms with E-state index in [0.717, 1.165) is 24.1 Å². The van der Waals surface area contributed by atoms with Gasteiger partial charge in [-0.25, -0.2) is 9.97 Å². The van der Waals surface area contributed by atoms with E-state index in [1.54, 1.807) is 0 Å². The molecule has 0 aliphatic carbocycles. The minimum absolute atomic E-state index is 0.298.